The molecule has 3 rings (SSSR count). The van der Waals surface area contributed by atoms with E-state index < -0.39 is 111 Å². The number of ether oxygens (including phenoxy) is 1. The van der Waals surface area contributed by atoms with Crippen molar-refractivity contribution in [1.29, 1.82) is 0 Å². The van der Waals surface area contributed by atoms with Gasteiger partial charge in [-0.05, 0) is 36.8 Å². The number of aromatic carboxylic acids is 2. The van der Waals surface area contributed by atoms with E-state index in [4.69, 9.17) is 4.74 Å². The molecule has 0 aliphatic carbocycles. The molecule has 0 saturated heterocycles. The molecule has 3 aromatic rings. The normalized spacial score (nSPS) is 12.0. The first-order valence-electron chi connectivity index (χ1n) is 11.2. The highest BCUT2D eigenvalue weighted by Gasteiger charge is 2.32. The number of halogens is 3. The molecule has 3 aromatic carbocycles. The molecule has 0 saturated carbocycles. The molecule has 0 aliphatic heterocycles. The molecular formula is C25H20F3NO12. The smallest absolute Gasteiger partial charge is 0.416 e. The van der Waals surface area contributed by atoms with Crippen molar-refractivity contribution in [3.05, 3.63) is 64.2 Å². The maximum Gasteiger partial charge on any atom is 0.416 e. The number of alkyl halides is 3. The van der Waals surface area contributed by atoms with E-state index in [2.05, 4.69) is 5.32 Å². The fourth-order valence-electron chi connectivity index (χ4n) is 3.94. The fourth-order valence-corrected chi connectivity index (χ4v) is 3.94. The van der Waals surface area contributed by atoms with Crippen LogP contribution in [0.3, 0.4) is 0 Å². The number of carbonyl (C=O) groups excluding carboxylic acids is 1. The molecule has 0 spiro atoms. The number of amides is 1. The second-order valence-electron chi connectivity index (χ2n) is 8.48. The largest absolute Gasteiger partial charge is 0.504 e. The Labute approximate surface area is 226 Å². The lowest BCUT2D eigenvalue weighted by atomic mass is 9.85. The third-order valence-corrected chi connectivity index (χ3v) is 5.84. The molecule has 41 heavy (non-hydrogen) atoms. The predicted octanol–water partition coefficient (Wildman–Crippen LogP) is 3.45. The summed E-state index contributed by atoms with van der Waals surface area (Å²) >= 11 is 0. The molecule has 16 heteroatoms. The Bertz CT molecular complexity index is 1540. The zero-order chi connectivity index (χ0) is 30.8. The molecule has 0 heterocycles. The van der Waals surface area contributed by atoms with E-state index in [9.17, 15) is 68.4 Å². The third kappa shape index (κ3) is 6.38. The van der Waals surface area contributed by atoms with Crippen molar-refractivity contribution in [2.45, 2.75) is 18.5 Å². The lowest BCUT2D eigenvalue weighted by Crippen LogP contribution is -2.32. The van der Waals surface area contributed by atoms with Crippen molar-refractivity contribution in [1.82, 2.24) is 5.32 Å². The van der Waals surface area contributed by atoms with E-state index in [0.29, 0.717) is 24.3 Å². The van der Waals surface area contributed by atoms with Crippen LogP contribution in [0.4, 0.5) is 18.0 Å². The van der Waals surface area contributed by atoms with Crippen LogP contribution in [0.5, 0.6) is 40.2 Å². The van der Waals surface area contributed by atoms with E-state index in [0.717, 1.165) is 12.1 Å². The Hall–Kier alpha value is -5.54. The van der Waals surface area contributed by atoms with Crippen molar-refractivity contribution in [2.24, 2.45) is 0 Å². The monoisotopic (exact) mass is 583 g/mol. The van der Waals surface area contributed by atoms with E-state index >= 15 is 0 Å². The van der Waals surface area contributed by atoms with Crippen molar-refractivity contribution in [3.63, 3.8) is 0 Å². The van der Waals surface area contributed by atoms with Crippen LogP contribution in [-0.2, 0) is 12.6 Å². The van der Waals surface area contributed by atoms with Gasteiger partial charge in [-0.15, -0.1) is 0 Å². The number of benzene rings is 3. The summed E-state index contributed by atoms with van der Waals surface area (Å²) in [5, 5.41) is 81.7. The standard InChI is InChI=1S/C25H20F3NO12/c26-25(27,28)10-2-1-3-11(5-10)41-24(40)29-8-9(17-14(23(38)39)7-16(31)20(34)21(17)35)4-12-13(22(36)37)6-15(30)19(33)18(12)32/h1-3,5-7,9,30-35H,4,8H2,(H,29,40)(H,36,37)(H,38,39). The van der Waals surface area contributed by atoms with Crippen molar-refractivity contribution >= 4 is 18.0 Å². The summed E-state index contributed by atoms with van der Waals surface area (Å²) < 4.78 is 43.7. The lowest BCUT2D eigenvalue weighted by molar-refractivity contribution is -0.137. The number of hydrogen-bond donors (Lipinski definition) is 9. The highest BCUT2D eigenvalue weighted by Crippen LogP contribution is 2.46. The second-order valence-corrected chi connectivity index (χ2v) is 8.48. The topological polar surface area (TPSA) is 234 Å². The number of nitrogens with one attached hydrogen (secondary N) is 1. The zero-order valence-corrected chi connectivity index (χ0v) is 20.3. The van der Waals surface area contributed by atoms with E-state index in [-0.39, 0.29) is 0 Å². The summed E-state index contributed by atoms with van der Waals surface area (Å²) in [6.45, 7) is -0.782. The first kappa shape index (κ1) is 30.0. The second kappa shape index (κ2) is 11.3. The van der Waals surface area contributed by atoms with Gasteiger partial charge >= 0.3 is 24.2 Å². The molecule has 0 bridgehead atoms. The summed E-state index contributed by atoms with van der Waals surface area (Å²) in [5.41, 5.74) is -4.06. The number of hydrogen-bond acceptors (Lipinski definition) is 10. The van der Waals surface area contributed by atoms with Crippen molar-refractivity contribution < 1.29 is 73.1 Å². The molecular weight excluding hydrogens is 563 g/mol. The molecule has 0 aliphatic rings. The Morgan fingerprint density at radius 1 is 0.805 bits per heavy atom. The molecule has 9 N–H and O–H groups in total. The number of carbonyl (C=O) groups is 3. The van der Waals surface area contributed by atoms with Crippen molar-refractivity contribution in [2.75, 3.05) is 6.54 Å². The van der Waals surface area contributed by atoms with E-state index in [1.165, 1.54) is 0 Å². The predicted molar refractivity (Wildman–Crippen MR) is 129 cm³/mol. The Morgan fingerprint density at radius 3 is 1.93 bits per heavy atom. The maximum absolute atomic E-state index is 13.0. The van der Waals surface area contributed by atoms with Crippen LogP contribution in [0.15, 0.2) is 36.4 Å². The van der Waals surface area contributed by atoms with Gasteiger partial charge in [0.05, 0.1) is 16.7 Å². The maximum atomic E-state index is 13.0. The average Bonchev–Trinajstić information content (AvgIpc) is 2.89. The Morgan fingerprint density at radius 2 is 1.37 bits per heavy atom. The van der Waals surface area contributed by atoms with Crippen LogP contribution in [-0.4, -0.2) is 65.4 Å². The van der Waals surface area contributed by atoms with Gasteiger partial charge in [-0.2, -0.15) is 13.2 Å². The zero-order valence-electron chi connectivity index (χ0n) is 20.3. The number of carboxylic acids is 2. The quantitative estimate of drug-likeness (QED) is 0.173. The van der Waals surface area contributed by atoms with Gasteiger partial charge in [0.1, 0.15) is 5.75 Å². The fraction of sp³-hybridized carbons (Fsp3) is 0.160. The number of rotatable bonds is 8. The number of aromatic hydroxyl groups is 6. The van der Waals surface area contributed by atoms with Gasteiger partial charge in [0.2, 0.25) is 11.5 Å². The number of carboxylic acid groups (broad SMARTS) is 2. The SMILES string of the molecule is O=C(NCC(Cc1c(C(=O)O)cc(O)c(O)c1O)c1c(C(=O)O)cc(O)c(O)c1O)Oc1cccc(C(F)(F)F)c1. The average molecular weight is 583 g/mol. The van der Waals surface area contributed by atoms with Crippen LogP contribution >= 0.6 is 0 Å². The molecule has 13 nitrogen and oxygen atoms in total. The van der Waals surface area contributed by atoms with E-state index in [1.54, 1.807) is 0 Å². The van der Waals surface area contributed by atoms with Crippen molar-refractivity contribution in [3.8, 4) is 40.2 Å². The van der Waals surface area contributed by atoms with Crippen LogP contribution in [0.2, 0.25) is 0 Å². The third-order valence-electron chi connectivity index (χ3n) is 5.84. The first-order valence-corrected chi connectivity index (χ1v) is 11.2. The highest BCUT2D eigenvalue weighted by molar-refractivity contribution is 5.93. The van der Waals surface area contributed by atoms with Gasteiger partial charge in [0.25, 0.3) is 0 Å². The summed E-state index contributed by atoms with van der Waals surface area (Å²) in [6, 6.07) is 4.30. The minimum Gasteiger partial charge on any atom is -0.504 e. The van der Waals surface area contributed by atoms with E-state index in [1.807, 2.05) is 0 Å². The van der Waals surface area contributed by atoms with Gasteiger partial charge in [0, 0.05) is 23.6 Å². The molecule has 0 radical (unpaired) electrons. The highest BCUT2D eigenvalue weighted by atomic mass is 19.4. The molecule has 1 unspecified atom stereocenters. The first-order chi connectivity index (χ1) is 19.0. The van der Waals surface area contributed by atoms with Gasteiger partial charge < -0.3 is 50.9 Å². The lowest BCUT2D eigenvalue weighted by Gasteiger charge is -2.23. The summed E-state index contributed by atoms with van der Waals surface area (Å²) in [4.78, 5) is 36.1. The van der Waals surface area contributed by atoms with Gasteiger partial charge in [-0.3, -0.25) is 0 Å². The number of phenols is 6. The minimum absolute atomic E-state index is 0.514. The molecule has 1 atom stereocenters. The molecule has 0 aromatic heterocycles. The minimum atomic E-state index is -4.76. The van der Waals surface area contributed by atoms with Crippen LogP contribution in [0.1, 0.15) is 43.3 Å². The van der Waals surface area contributed by atoms with Crippen LogP contribution < -0.4 is 10.1 Å². The summed E-state index contributed by atoms with van der Waals surface area (Å²) in [7, 11) is 0. The van der Waals surface area contributed by atoms with Gasteiger partial charge in [-0.25, -0.2) is 14.4 Å². The van der Waals surface area contributed by atoms with Crippen LogP contribution in [0, 0.1) is 0 Å². The Kier molecular flexibility index (Phi) is 8.26. The Balaban J connectivity index is 2.06. The molecule has 218 valence electrons. The summed E-state index contributed by atoms with van der Waals surface area (Å²) in [6.07, 6.45) is -6.94. The molecule has 0 fully saturated rings. The number of phenolic OH excluding ortho intramolecular Hbond substituents is 6. The van der Waals surface area contributed by atoms with Gasteiger partial charge in [0.15, 0.2) is 23.0 Å². The van der Waals surface area contributed by atoms with Gasteiger partial charge in [-0.1, -0.05) is 6.07 Å². The molecule has 1 amide bonds. The summed E-state index contributed by atoms with van der Waals surface area (Å²) in [5.74, 6) is -12.4. The van der Waals surface area contributed by atoms with Crippen LogP contribution in [0.25, 0.3) is 0 Å².